The number of carbonyl (C=O) groups excluding carboxylic acids is 2. The van der Waals surface area contributed by atoms with E-state index in [1.165, 1.54) is 13.0 Å². The Bertz CT molecular complexity index is 1320. The third-order valence-electron chi connectivity index (χ3n) is 4.93. The highest BCUT2D eigenvalue weighted by Crippen LogP contribution is 2.35. The summed E-state index contributed by atoms with van der Waals surface area (Å²) in [5.41, 5.74) is 1.42. The van der Waals surface area contributed by atoms with Gasteiger partial charge in [0.1, 0.15) is 16.7 Å². The molecule has 4 rings (SSSR count). The Balaban J connectivity index is 0.000000182. The van der Waals surface area contributed by atoms with Crippen LogP contribution in [0.5, 0.6) is 0 Å². The highest BCUT2D eigenvalue weighted by molar-refractivity contribution is 6.00. The molecule has 0 saturated carbocycles. The number of rotatable bonds is 2. The minimum Gasteiger partial charge on any atom is -0.487 e. The van der Waals surface area contributed by atoms with E-state index in [9.17, 15) is 19.2 Å². The number of fused-ring (bicyclic) bond motifs is 1. The van der Waals surface area contributed by atoms with Crippen molar-refractivity contribution in [3.05, 3.63) is 73.5 Å². The van der Waals surface area contributed by atoms with Gasteiger partial charge in [0.2, 0.25) is 5.71 Å². The number of amides is 1. The van der Waals surface area contributed by atoms with Crippen LogP contribution in [-0.4, -0.2) is 27.3 Å². The molecule has 0 aliphatic carbocycles. The quantitative estimate of drug-likeness (QED) is 0.688. The van der Waals surface area contributed by atoms with Crippen molar-refractivity contribution in [1.82, 2.24) is 15.3 Å². The summed E-state index contributed by atoms with van der Waals surface area (Å²) in [6.07, 6.45) is 3.07. The summed E-state index contributed by atoms with van der Waals surface area (Å²) >= 11 is 0. The minimum atomic E-state index is -0.582. The van der Waals surface area contributed by atoms with Gasteiger partial charge in [-0.25, -0.2) is 4.79 Å². The number of nitrogens with one attached hydrogen (secondary N) is 2. The zero-order valence-electron chi connectivity index (χ0n) is 18.7. The SMILES string of the molecule is C=C1CC2=C(C(=O)N1)C(C)=CC(C)(C)O2.CCc1cc(=O)oc2nc(C(C)=O)[nH]c(=O)c12. The summed E-state index contributed by atoms with van der Waals surface area (Å²) in [5, 5.41) is 2.94. The van der Waals surface area contributed by atoms with Gasteiger partial charge < -0.3 is 19.5 Å². The lowest BCUT2D eigenvalue weighted by molar-refractivity contribution is -0.117. The Morgan fingerprint density at radius 2 is 1.97 bits per heavy atom. The molecule has 9 nitrogen and oxygen atoms in total. The van der Waals surface area contributed by atoms with E-state index in [1.54, 1.807) is 0 Å². The van der Waals surface area contributed by atoms with Gasteiger partial charge in [-0.2, -0.15) is 4.98 Å². The number of hydrogen-bond acceptors (Lipinski definition) is 7. The molecule has 2 aliphatic rings. The van der Waals surface area contributed by atoms with Crippen LogP contribution in [-0.2, 0) is 16.0 Å². The van der Waals surface area contributed by atoms with Gasteiger partial charge in [-0.05, 0) is 44.4 Å². The van der Waals surface area contributed by atoms with E-state index in [-0.39, 0.29) is 28.4 Å². The fraction of sp³-hybridized carbons (Fsp3) is 0.348. The number of aryl methyl sites for hydroxylation is 1. The lowest BCUT2D eigenvalue weighted by atomic mass is 9.92. The topological polar surface area (TPSA) is 131 Å². The molecule has 0 spiro atoms. The maximum Gasteiger partial charge on any atom is 0.337 e. The highest BCUT2D eigenvalue weighted by Gasteiger charge is 2.33. The molecule has 0 fully saturated rings. The first-order valence-corrected chi connectivity index (χ1v) is 10.1. The molecule has 4 heterocycles. The summed E-state index contributed by atoms with van der Waals surface area (Å²) in [6, 6.07) is 1.26. The second kappa shape index (κ2) is 8.41. The first-order chi connectivity index (χ1) is 14.9. The highest BCUT2D eigenvalue weighted by atomic mass is 16.5. The van der Waals surface area contributed by atoms with E-state index in [2.05, 4.69) is 21.9 Å². The van der Waals surface area contributed by atoms with Crippen molar-refractivity contribution in [2.75, 3.05) is 0 Å². The van der Waals surface area contributed by atoms with E-state index < -0.39 is 17.0 Å². The van der Waals surface area contributed by atoms with Crippen LogP contribution in [0.1, 0.15) is 57.2 Å². The number of carbonyl (C=O) groups is 2. The maximum atomic E-state index is 11.8. The molecule has 2 N–H and O–H groups in total. The predicted octanol–water partition coefficient (Wildman–Crippen LogP) is 2.67. The van der Waals surface area contributed by atoms with Crippen molar-refractivity contribution in [2.45, 2.75) is 53.1 Å². The zero-order chi connectivity index (χ0) is 23.8. The van der Waals surface area contributed by atoms with Crippen LogP contribution < -0.4 is 16.5 Å². The molecule has 0 saturated heterocycles. The van der Waals surface area contributed by atoms with Gasteiger partial charge in [0.05, 0.1) is 5.57 Å². The Kier molecular flexibility index (Phi) is 6.03. The number of nitrogens with zero attached hydrogens (tertiary/aromatic N) is 1. The molecule has 168 valence electrons. The largest absolute Gasteiger partial charge is 0.487 e. The Labute approximate surface area is 183 Å². The molecule has 2 aliphatic heterocycles. The van der Waals surface area contributed by atoms with E-state index in [1.807, 2.05) is 33.8 Å². The molecule has 2 aromatic heterocycles. The van der Waals surface area contributed by atoms with Crippen LogP contribution in [0.25, 0.3) is 11.1 Å². The fourth-order valence-corrected chi connectivity index (χ4v) is 3.70. The number of H-pyrrole nitrogens is 1. The smallest absolute Gasteiger partial charge is 0.337 e. The molecule has 0 aromatic carbocycles. The van der Waals surface area contributed by atoms with E-state index in [0.717, 1.165) is 11.3 Å². The summed E-state index contributed by atoms with van der Waals surface area (Å²) in [4.78, 5) is 52.1. The summed E-state index contributed by atoms with van der Waals surface area (Å²) < 4.78 is 10.6. The van der Waals surface area contributed by atoms with Crippen LogP contribution in [0.3, 0.4) is 0 Å². The van der Waals surface area contributed by atoms with Crippen molar-refractivity contribution in [2.24, 2.45) is 0 Å². The molecule has 2 aromatic rings. The molecule has 1 amide bonds. The van der Waals surface area contributed by atoms with Crippen molar-refractivity contribution in [3.63, 3.8) is 0 Å². The summed E-state index contributed by atoms with van der Waals surface area (Å²) in [6.45, 7) is 12.7. The lowest BCUT2D eigenvalue weighted by Gasteiger charge is -2.34. The van der Waals surface area contributed by atoms with Crippen molar-refractivity contribution < 1.29 is 18.7 Å². The number of ether oxygens (including phenoxy) is 1. The maximum absolute atomic E-state index is 11.8. The van der Waals surface area contributed by atoms with Gasteiger partial charge >= 0.3 is 5.63 Å². The Morgan fingerprint density at radius 1 is 1.28 bits per heavy atom. The van der Waals surface area contributed by atoms with Crippen LogP contribution >= 0.6 is 0 Å². The first-order valence-electron chi connectivity index (χ1n) is 10.1. The fourth-order valence-electron chi connectivity index (χ4n) is 3.70. The second-order valence-corrected chi connectivity index (χ2v) is 8.16. The van der Waals surface area contributed by atoms with Gasteiger partial charge in [-0.3, -0.25) is 14.4 Å². The molecule has 9 heteroatoms. The van der Waals surface area contributed by atoms with Crippen LogP contribution in [0.2, 0.25) is 0 Å². The zero-order valence-corrected chi connectivity index (χ0v) is 18.7. The Morgan fingerprint density at radius 3 is 2.59 bits per heavy atom. The number of hydrogen-bond donors (Lipinski definition) is 2. The predicted molar refractivity (Wildman–Crippen MR) is 118 cm³/mol. The first kappa shape index (κ1) is 22.9. The molecule has 0 bridgehead atoms. The van der Waals surface area contributed by atoms with Gasteiger partial charge in [0.15, 0.2) is 11.6 Å². The van der Waals surface area contributed by atoms with E-state index in [0.29, 0.717) is 29.7 Å². The van der Waals surface area contributed by atoms with Crippen molar-refractivity contribution in [3.8, 4) is 0 Å². The summed E-state index contributed by atoms with van der Waals surface area (Å²) in [5.74, 6) is 0.131. The van der Waals surface area contributed by atoms with Gasteiger partial charge in [-0.15, -0.1) is 0 Å². The lowest BCUT2D eigenvalue weighted by Crippen LogP contribution is -2.36. The average Bonchev–Trinajstić information content (AvgIpc) is 2.65. The number of aromatic amines is 1. The molecule has 0 radical (unpaired) electrons. The van der Waals surface area contributed by atoms with Crippen LogP contribution in [0, 0.1) is 0 Å². The van der Waals surface area contributed by atoms with E-state index >= 15 is 0 Å². The monoisotopic (exact) mass is 439 g/mol. The molecule has 0 unspecified atom stereocenters. The van der Waals surface area contributed by atoms with Crippen LogP contribution in [0.4, 0.5) is 0 Å². The normalized spacial score (nSPS) is 17.0. The Hall–Kier alpha value is -3.75. The molecule has 32 heavy (non-hydrogen) atoms. The van der Waals surface area contributed by atoms with Gasteiger partial charge in [0, 0.05) is 25.1 Å². The van der Waals surface area contributed by atoms with Gasteiger partial charge in [0.25, 0.3) is 11.5 Å². The van der Waals surface area contributed by atoms with Crippen molar-refractivity contribution in [1.29, 1.82) is 0 Å². The average molecular weight is 439 g/mol. The summed E-state index contributed by atoms with van der Waals surface area (Å²) in [7, 11) is 0. The third-order valence-corrected chi connectivity index (χ3v) is 4.93. The number of aromatic nitrogens is 2. The number of Topliss-reactive ketones (excluding diaryl/α,β-unsaturated/α-hetero) is 1. The van der Waals surface area contributed by atoms with Crippen LogP contribution in [0.15, 0.2) is 55.3 Å². The third kappa shape index (κ3) is 4.61. The molecule has 0 atom stereocenters. The standard InChI is InChI=1S/C12H15NO2.C11H10N2O4/c1-7-6-12(3,4)15-9-5-8(2)13-11(14)10(7)9;1-3-6-4-7(15)17-11-8(6)10(16)12-9(13-11)5(2)14/h6H,2,5H2,1,3-4H3,(H,13,14);4H,3H2,1-2H3,(H,12,13,16). The minimum absolute atomic E-state index is 0.0942. The van der Waals surface area contributed by atoms with Gasteiger partial charge in [-0.1, -0.05) is 13.5 Å². The molecular weight excluding hydrogens is 414 g/mol. The second-order valence-electron chi connectivity index (χ2n) is 8.16. The van der Waals surface area contributed by atoms with Crippen molar-refractivity contribution >= 4 is 22.8 Å². The number of ketones is 1. The van der Waals surface area contributed by atoms with E-state index in [4.69, 9.17) is 9.15 Å². The molecular formula is C23H25N3O6.